The number of halogens is 2. The average Bonchev–Trinajstić information content (AvgIpc) is 3.24. The number of amides is 1. The van der Waals surface area contributed by atoms with Crippen LogP contribution in [0.1, 0.15) is 34.7 Å². The first-order chi connectivity index (χ1) is 16.9. The Kier molecular flexibility index (Phi) is 6.01. The van der Waals surface area contributed by atoms with Gasteiger partial charge in [0.25, 0.3) is 5.91 Å². The molecule has 2 aromatic heterocycles. The first-order valence-corrected chi connectivity index (χ1v) is 11.4. The summed E-state index contributed by atoms with van der Waals surface area (Å²) in [6, 6.07) is 18.6. The number of hydrogen-bond donors (Lipinski definition) is 1. The van der Waals surface area contributed by atoms with Crippen molar-refractivity contribution in [3.05, 3.63) is 107 Å². The number of hydrogen-bond acceptors (Lipinski definition) is 4. The monoisotopic (exact) mass is 485 g/mol. The van der Waals surface area contributed by atoms with Crippen LogP contribution in [0.25, 0.3) is 27.8 Å². The second-order valence-corrected chi connectivity index (χ2v) is 8.61. The summed E-state index contributed by atoms with van der Waals surface area (Å²) < 4.78 is 15.3. The molecule has 2 heterocycles. The van der Waals surface area contributed by atoms with Crippen LogP contribution in [-0.4, -0.2) is 25.7 Å². The van der Waals surface area contributed by atoms with Gasteiger partial charge in [-0.05, 0) is 62.4 Å². The predicted molar refractivity (Wildman–Crippen MR) is 134 cm³/mol. The van der Waals surface area contributed by atoms with Gasteiger partial charge >= 0.3 is 0 Å². The zero-order valence-electron chi connectivity index (χ0n) is 19.0. The molecule has 8 heteroatoms. The molecule has 1 N–H and O–H groups in total. The highest BCUT2D eigenvalue weighted by atomic mass is 35.5. The standard InChI is InChI=1S/C27H21ClFN5O/c1-16(19-14-30-17(2)31-15-19)32-27(35)18-7-12-23-25(13-18)34(21-10-8-20(29)9-11-21)33-26(23)22-5-3-4-6-24(22)28/h3-16H,1-2H3,(H,32,35)/t16-/m0/s1. The van der Waals surface area contributed by atoms with E-state index in [4.69, 9.17) is 16.7 Å². The smallest absolute Gasteiger partial charge is 0.251 e. The quantitative estimate of drug-likeness (QED) is 0.327. The molecular formula is C27H21ClFN5O. The average molecular weight is 486 g/mol. The third-order valence-corrected chi connectivity index (χ3v) is 6.12. The molecule has 6 nitrogen and oxygen atoms in total. The van der Waals surface area contributed by atoms with Crippen molar-refractivity contribution in [3.8, 4) is 16.9 Å². The van der Waals surface area contributed by atoms with Gasteiger partial charge in [0.15, 0.2) is 0 Å². The minimum Gasteiger partial charge on any atom is -0.345 e. The second kappa shape index (κ2) is 9.27. The van der Waals surface area contributed by atoms with E-state index in [1.165, 1.54) is 12.1 Å². The summed E-state index contributed by atoms with van der Waals surface area (Å²) in [7, 11) is 0. The first-order valence-electron chi connectivity index (χ1n) is 11.0. The van der Waals surface area contributed by atoms with Crippen LogP contribution in [0, 0.1) is 12.7 Å². The Labute approximate surface area is 206 Å². The Bertz CT molecular complexity index is 1530. The molecule has 0 aliphatic carbocycles. The van der Waals surface area contributed by atoms with Crippen molar-refractivity contribution < 1.29 is 9.18 Å². The Balaban J connectivity index is 1.58. The van der Waals surface area contributed by atoms with E-state index in [0.717, 1.165) is 16.5 Å². The number of carbonyl (C=O) groups excluding carboxylic acids is 1. The molecule has 3 aromatic carbocycles. The highest BCUT2D eigenvalue weighted by molar-refractivity contribution is 6.33. The molecule has 0 aliphatic rings. The zero-order valence-corrected chi connectivity index (χ0v) is 19.8. The van der Waals surface area contributed by atoms with E-state index in [1.54, 1.807) is 47.4 Å². The van der Waals surface area contributed by atoms with E-state index < -0.39 is 0 Å². The maximum atomic E-state index is 13.6. The number of carbonyl (C=O) groups is 1. The van der Waals surface area contributed by atoms with Crippen LogP contribution >= 0.6 is 11.6 Å². The third-order valence-electron chi connectivity index (χ3n) is 5.79. The maximum absolute atomic E-state index is 13.6. The van der Waals surface area contributed by atoms with Crippen molar-refractivity contribution in [2.75, 3.05) is 0 Å². The Morgan fingerprint density at radius 2 is 1.74 bits per heavy atom. The SMILES string of the molecule is Cc1ncc([C@H](C)NC(=O)c2ccc3c(-c4ccccc4Cl)nn(-c4ccc(F)cc4)c3c2)cn1. The summed E-state index contributed by atoms with van der Waals surface area (Å²) in [5.74, 6) is 0.0814. The molecule has 5 aromatic rings. The molecule has 35 heavy (non-hydrogen) atoms. The van der Waals surface area contributed by atoms with Crippen LogP contribution in [0.4, 0.5) is 4.39 Å². The number of rotatable bonds is 5. The molecular weight excluding hydrogens is 465 g/mol. The van der Waals surface area contributed by atoms with E-state index in [0.29, 0.717) is 33.3 Å². The molecule has 0 fully saturated rings. The van der Waals surface area contributed by atoms with Crippen molar-refractivity contribution in [1.29, 1.82) is 0 Å². The summed E-state index contributed by atoms with van der Waals surface area (Å²) in [6.07, 6.45) is 3.41. The molecule has 0 radical (unpaired) electrons. The summed E-state index contributed by atoms with van der Waals surface area (Å²) >= 11 is 6.47. The zero-order chi connectivity index (χ0) is 24.5. The Hall–Kier alpha value is -4.10. The van der Waals surface area contributed by atoms with Crippen LogP contribution in [-0.2, 0) is 0 Å². The number of benzene rings is 3. The fraction of sp³-hybridized carbons (Fsp3) is 0.111. The number of fused-ring (bicyclic) bond motifs is 1. The van der Waals surface area contributed by atoms with E-state index in [-0.39, 0.29) is 17.8 Å². The van der Waals surface area contributed by atoms with Gasteiger partial charge in [-0.15, -0.1) is 0 Å². The topological polar surface area (TPSA) is 72.7 Å². The van der Waals surface area contributed by atoms with Crippen LogP contribution < -0.4 is 5.32 Å². The van der Waals surface area contributed by atoms with Crippen molar-refractivity contribution in [2.45, 2.75) is 19.9 Å². The molecule has 0 spiro atoms. The predicted octanol–water partition coefficient (Wildman–Crippen LogP) is 6.07. The lowest BCUT2D eigenvalue weighted by Crippen LogP contribution is -2.26. The molecule has 5 rings (SSSR count). The molecule has 0 aliphatic heterocycles. The van der Waals surface area contributed by atoms with Crippen molar-refractivity contribution >= 4 is 28.4 Å². The van der Waals surface area contributed by atoms with Gasteiger partial charge in [0.1, 0.15) is 17.3 Å². The van der Waals surface area contributed by atoms with Gasteiger partial charge < -0.3 is 5.32 Å². The van der Waals surface area contributed by atoms with Gasteiger partial charge in [-0.1, -0.05) is 29.8 Å². The van der Waals surface area contributed by atoms with Crippen LogP contribution in [0.2, 0.25) is 5.02 Å². The fourth-order valence-electron chi connectivity index (χ4n) is 3.88. The largest absolute Gasteiger partial charge is 0.345 e. The highest BCUT2D eigenvalue weighted by Crippen LogP contribution is 2.34. The Morgan fingerprint density at radius 3 is 2.46 bits per heavy atom. The van der Waals surface area contributed by atoms with Gasteiger partial charge in [-0.25, -0.2) is 19.0 Å². The van der Waals surface area contributed by atoms with Gasteiger partial charge in [-0.3, -0.25) is 4.79 Å². The summed E-state index contributed by atoms with van der Waals surface area (Å²) in [4.78, 5) is 21.5. The fourth-order valence-corrected chi connectivity index (χ4v) is 4.10. The Morgan fingerprint density at radius 1 is 1.03 bits per heavy atom. The van der Waals surface area contributed by atoms with Gasteiger partial charge in [0, 0.05) is 34.5 Å². The molecule has 174 valence electrons. The second-order valence-electron chi connectivity index (χ2n) is 8.21. The van der Waals surface area contributed by atoms with E-state index >= 15 is 0 Å². The number of nitrogens with one attached hydrogen (secondary N) is 1. The van der Waals surface area contributed by atoms with Gasteiger partial charge in [0.2, 0.25) is 0 Å². The first kappa shape index (κ1) is 22.7. The van der Waals surface area contributed by atoms with E-state index in [1.807, 2.05) is 38.1 Å². The highest BCUT2D eigenvalue weighted by Gasteiger charge is 2.19. The lowest BCUT2D eigenvalue weighted by Gasteiger charge is -2.14. The molecule has 0 saturated heterocycles. The molecule has 1 amide bonds. The summed E-state index contributed by atoms with van der Waals surface area (Å²) in [6.45, 7) is 3.69. The van der Waals surface area contributed by atoms with Crippen LogP contribution in [0.5, 0.6) is 0 Å². The van der Waals surface area contributed by atoms with E-state index in [9.17, 15) is 9.18 Å². The maximum Gasteiger partial charge on any atom is 0.251 e. The minimum atomic E-state index is -0.342. The lowest BCUT2D eigenvalue weighted by atomic mass is 10.1. The molecule has 0 unspecified atom stereocenters. The molecule has 0 bridgehead atoms. The lowest BCUT2D eigenvalue weighted by molar-refractivity contribution is 0.0940. The normalized spacial score (nSPS) is 12.0. The van der Waals surface area contributed by atoms with Crippen molar-refractivity contribution in [1.82, 2.24) is 25.1 Å². The summed E-state index contributed by atoms with van der Waals surface area (Å²) in [5.41, 5.74) is 4.08. The van der Waals surface area contributed by atoms with Gasteiger partial charge in [0.05, 0.1) is 22.3 Å². The number of aryl methyl sites for hydroxylation is 1. The van der Waals surface area contributed by atoms with Crippen molar-refractivity contribution in [3.63, 3.8) is 0 Å². The van der Waals surface area contributed by atoms with E-state index in [2.05, 4.69) is 15.3 Å². The molecule has 1 atom stereocenters. The minimum absolute atomic E-state index is 0.244. The number of nitrogens with zero attached hydrogens (tertiary/aromatic N) is 4. The summed E-state index contributed by atoms with van der Waals surface area (Å²) in [5, 5.41) is 9.17. The van der Waals surface area contributed by atoms with Crippen LogP contribution in [0.15, 0.2) is 79.1 Å². The van der Waals surface area contributed by atoms with Gasteiger partial charge in [-0.2, -0.15) is 5.10 Å². The van der Waals surface area contributed by atoms with Crippen LogP contribution in [0.3, 0.4) is 0 Å². The van der Waals surface area contributed by atoms with Crippen molar-refractivity contribution in [2.24, 2.45) is 0 Å². The third kappa shape index (κ3) is 4.50. The number of aromatic nitrogens is 4. The molecule has 0 saturated carbocycles.